The number of halogens is 1. The lowest BCUT2D eigenvalue weighted by Gasteiger charge is -2.35. The molecule has 13 heteroatoms. The molecule has 0 bridgehead atoms. The van der Waals surface area contributed by atoms with Gasteiger partial charge in [0.1, 0.15) is 12.1 Å². The number of ketones is 1. The number of oxime groups is 1. The van der Waals surface area contributed by atoms with Gasteiger partial charge in [-0.3, -0.25) is 24.0 Å². The molecule has 0 radical (unpaired) electrons. The molecule has 3 fully saturated rings. The van der Waals surface area contributed by atoms with Crippen LogP contribution in [0.1, 0.15) is 75.7 Å². The molecule has 3 N–H and O–H groups in total. The van der Waals surface area contributed by atoms with E-state index in [2.05, 4.69) is 21.1 Å². The Hall–Kier alpha value is -3.77. The number of hydrogen-bond donors (Lipinski definition) is 3. The number of carbonyl (C=O) groups excluding carboxylic acids is 5. The third kappa shape index (κ3) is 7.29. The quantitative estimate of drug-likeness (QED) is 0.305. The second-order valence-electron chi connectivity index (χ2n) is 14.6. The van der Waals surface area contributed by atoms with Crippen molar-refractivity contribution in [1.29, 1.82) is 0 Å². The van der Waals surface area contributed by atoms with Gasteiger partial charge in [0.2, 0.25) is 23.5 Å². The smallest absolute Gasteiger partial charge is 0.289 e. The van der Waals surface area contributed by atoms with Gasteiger partial charge in [-0.15, -0.1) is 11.3 Å². The van der Waals surface area contributed by atoms with Gasteiger partial charge in [0, 0.05) is 47.2 Å². The Balaban J connectivity index is 1.25. The highest BCUT2D eigenvalue weighted by atomic mass is 35.5. The number of likely N-dealkylation sites (N-methyl/N-ethyl adjacent to an activating group) is 1. The number of amides is 4. The Bertz CT molecular complexity index is 1640. The van der Waals surface area contributed by atoms with Gasteiger partial charge in [-0.2, -0.15) is 0 Å². The van der Waals surface area contributed by atoms with Crippen LogP contribution in [0.3, 0.4) is 0 Å². The van der Waals surface area contributed by atoms with Crippen molar-refractivity contribution in [2.45, 2.75) is 88.9 Å². The second-order valence-corrected chi connectivity index (χ2v) is 16.1. The van der Waals surface area contributed by atoms with Gasteiger partial charge in [-0.05, 0) is 47.8 Å². The summed E-state index contributed by atoms with van der Waals surface area (Å²) < 4.78 is 0. The van der Waals surface area contributed by atoms with E-state index in [1.165, 1.54) is 11.9 Å². The maximum atomic E-state index is 14.6. The van der Waals surface area contributed by atoms with Gasteiger partial charge in [0.25, 0.3) is 5.91 Å². The van der Waals surface area contributed by atoms with Crippen LogP contribution >= 0.6 is 22.9 Å². The Kier molecular flexibility index (Phi) is 9.43. The average Bonchev–Trinajstić information content (AvgIpc) is 3.88. The molecular weight excluding hydrogens is 654 g/mol. The standard InChI is InChI=1S/C35H42ClN5O6S/c1-34(2,3)29(39-30(43)23-15-22(23)27-9-6-12-48-27)33(46)41-18-35(16-25(40-47-35)20-7-5-8-21(36)14-20)17-26(41)31(44)38-24(13-19-10-11-19)28(42)32(45)37-4/h5-9,12,14,19,22-24,26,29H,10-11,13,15-18H2,1-4H3,(H,37,45)(H,38,44)(H,39,43)/t22-,23-,24-,26-,29+,35+/m0/s1. The Labute approximate surface area is 289 Å². The predicted molar refractivity (Wildman–Crippen MR) is 181 cm³/mol. The molecule has 0 unspecified atom stereocenters. The molecule has 6 atom stereocenters. The minimum atomic E-state index is -1.04. The minimum absolute atomic E-state index is 0.0396. The highest BCUT2D eigenvalue weighted by molar-refractivity contribution is 7.10. The van der Waals surface area contributed by atoms with Crippen molar-refractivity contribution in [2.24, 2.45) is 22.4 Å². The van der Waals surface area contributed by atoms with E-state index in [9.17, 15) is 24.0 Å². The van der Waals surface area contributed by atoms with Crippen LogP contribution in [0.4, 0.5) is 0 Å². The van der Waals surface area contributed by atoms with Crippen molar-refractivity contribution in [3.63, 3.8) is 0 Å². The molecule has 1 aromatic heterocycles. The van der Waals surface area contributed by atoms with E-state index in [1.54, 1.807) is 23.5 Å². The molecule has 4 aliphatic rings. The normalized spacial score (nSPS) is 25.9. The summed E-state index contributed by atoms with van der Waals surface area (Å²) in [6.07, 6.45) is 3.33. The van der Waals surface area contributed by atoms with E-state index in [1.807, 2.05) is 50.4 Å². The van der Waals surface area contributed by atoms with Crippen LogP contribution in [0.15, 0.2) is 46.9 Å². The number of rotatable bonds is 11. The predicted octanol–water partition coefficient (Wildman–Crippen LogP) is 3.80. The van der Waals surface area contributed by atoms with E-state index in [-0.39, 0.29) is 36.6 Å². The summed E-state index contributed by atoms with van der Waals surface area (Å²) in [5, 5.41) is 15.1. The number of hydrogen-bond acceptors (Lipinski definition) is 8. The summed E-state index contributed by atoms with van der Waals surface area (Å²) in [4.78, 5) is 76.2. The summed E-state index contributed by atoms with van der Waals surface area (Å²) in [5.74, 6) is -2.53. The zero-order chi connectivity index (χ0) is 34.4. The number of Topliss-reactive ketones (excluding diaryl/α,β-unsaturated/α-hetero) is 1. The Morgan fingerprint density at radius 2 is 1.88 bits per heavy atom. The highest BCUT2D eigenvalue weighted by Crippen LogP contribution is 2.49. The summed E-state index contributed by atoms with van der Waals surface area (Å²) in [6, 6.07) is 8.21. The Morgan fingerprint density at radius 3 is 2.52 bits per heavy atom. The fourth-order valence-electron chi connectivity index (χ4n) is 6.79. The lowest BCUT2D eigenvalue weighted by Crippen LogP contribution is -2.59. The van der Waals surface area contributed by atoms with Gasteiger partial charge in [0.05, 0.1) is 18.3 Å². The zero-order valence-electron chi connectivity index (χ0n) is 27.6. The summed E-state index contributed by atoms with van der Waals surface area (Å²) in [6.45, 7) is 5.67. The summed E-state index contributed by atoms with van der Waals surface area (Å²) in [5.41, 5.74) is -0.296. The van der Waals surface area contributed by atoms with E-state index < -0.39 is 52.6 Å². The van der Waals surface area contributed by atoms with Crippen LogP contribution in [0.5, 0.6) is 0 Å². The van der Waals surface area contributed by atoms with Crippen molar-refractivity contribution in [2.75, 3.05) is 13.6 Å². The number of likely N-dealkylation sites (tertiary alicyclic amines) is 1. The second kappa shape index (κ2) is 13.3. The van der Waals surface area contributed by atoms with Gasteiger partial charge < -0.3 is 25.7 Å². The van der Waals surface area contributed by atoms with Crippen LogP contribution in [0.25, 0.3) is 0 Å². The molecular formula is C35H42ClN5O6S. The van der Waals surface area contributed by atoms with Gasteiger partial charge >= 0.3 is 0 Å². The van der Waals surface area contributed by atoms with Crippen LogP contribution in [0.2, 0.25) is 5.02 Å². The van der Waals surface area contributed by atoms with Crippen molar-refractivity contribution < 1.29 is 28.8 Å². The van der Waals surface area contributed by atoms with Crippen molar-refractivity contribution >= 4 is 58.1 Å². The Morgan fingerprint density at radius 1 is 1.10 bits per heavy atom. The molecule has 2 aromatic rings. The van der Waals surface area contributed by atoms with E-state index in [0.29, 0.717) is 30.0 Å². The number of benzene rings is 1. The number of carbonyl (C=O) groups is 5. The molecule has 48 heavy (non-hydrogen) atoms. The summed E-state index contributed by atoms with van der Waals surface area (Å²) in [7, 11) is 1.37. The number of nitrogens with zero attached hydrogens (tertiary/aromatic N) is 2. The van der Waals surface area contributed by atoms with E-state index in [0.717, 1.165) is 23.3 Å². The van der Waals surface area contributed by atoms with Crippen LogP contribution < -0.4 is 16.0 Å². The van der Waals surface area contributed by atoms with Crippen LogP contribution in [0, 0.1) is 17.3 Å². The first-order valence-corrected chi connectivity index (χ1v) is 17.8. The third-order valence-corrected chi connectivity index (χ3v) is 11.0. The largest absolute Gasteiger partial charge is 0.387 e. The maximum Gasteiger partial charge on any atom is 0.289 e. The molecule has 2 saturated carbocycles. The highest BCUT2D eigenvalue weighted by Gasteiger charge is 2.56. The topological polar surface area (TPSA) is 146 Å². The lowest BCUT2D eigenvalue weighted by atomic mass is 9.85. The lowest BCUT2D eigenvalue weighted by molar-refractivity contribution is -0.145. The zero-order valence-corrected chi connectivity index (χ0v) is 29.2. The van der Waals surface area contributed by atoms with Gasteiger partial charge in [-0.25, -0.2) is 0 Å². The third-order valence-electron chi connectivity index (χ3n) is 9.77. The average molecular weight is 696 g/mol. The molecule has 11 nitrogen and oxygen atoms in total. The molecule has 1 spiro atoms. The van der Waals surface area contributed by atoms with Crippen molar-refractivity contribution in [3.8, 4) is 0 Å². The fourth-order valence-corrected chi connectivity index (χ4v) is 7.88. The van der Waals surface area contributed by atoms with Crippen LogP contribution in [-0.2, 0) is 28.8 Å². The molecule has 1 aromatic carbocycles. The summed E-state index contributed by atoms with van der Waals surface area (Å²) >= 11 is 7.86. The molecule has 3 heterocycles. The van der Waals surface area contributed by atoms with Gasteiger partial charge in [0.15, 0.2) is 5.60 Å². The van der Waals surface area contributed by atoms with Crippen LogP contribution in [-0.4, -0.2) is 77.3 Å². The first-order chi connectivity index (χ1) is 22.8. The fraction of sp³-hybridized carbons (Fsp3) is 0.543. The maximum absolute atomic E-state index is 14.6. The number of nitrogens with one attached hydrogen (secondary N) is 3. The van der Waals surface area contributed by atoms with E-state index in [4.69, 9.17) is 16.4 Å². The SMILES string of the molecule is CNC(=O)C(=O)[C@H](CC1CC1)NC(=O)[C@@H]1C[C@]2(CC(c3cccc(Cl)c3)=NO2)CN1C(=O)[C@@H](NC(=O)[C@H]1C[C@@H]1c1cccs1)C(C)(C)C. The molecule has 6 rings (SSSR count). The molecule has 1 saturated heterocycles. The van der Waals surface area contributed by atoms with Crippen molar-refractivity contribution in [3.05, 3.63) is 57.2 Å². The van der Waals surface area contributed by atoms with E-state index >= 15 is 0 Å². The molecule has 2 aliphatic carbocycles. The molecule has 4 amide bonds. The first kappa shape index (κ1) is 34.1. The first-order valence-electron chi connectivity index (χ1n) is 16.5. The molecule has 2 aliphatic heterocycles. The minimum Gasteiger partial charge on any atom is -0.387 e. The monoisotopic (exact) mass is 695 g/mol. The number of thiophene rings is 1. The van der Waals surface area contributed by atoms with Crippen molar-refractivity contribution in [1.82, 2.24) is 20.9 Å². The molecule has 256 valence electrons. The van der Waals surface area contributed by atoms with Gasteiger partial charge in [-0.1, -0.05) is 68.6 Å².